The standard InChI is InChI=1S/C28H36N4O/c1-2-31-16-18-32(19-17-31)27-25-9-5-4-8-22(25)20-26(30-27)23-10-11-24(29-21-23)12-15-28(33)13-6-3-7-14-28/h4-5,8-11,20-21,33H,2-3,6-7,12-19H2,1H3. The van der Waals surface area contributed by atoms with Crippen molar-refractivity contribution in [1.82, 2.24) is 14.9 Å². The number of piperazine rings is 1. The number of fused-ring (bicyclic) bond motifs is 1. The molecule has 1 aromatic carbocycles. The Labute approximate surface area is 197 Å². The van der Waals surface area contributed by atoms with Crippen molar-refractivity contribution < 1.29 is 5.11 Å². The molecule has 1 aliphatic carbocycles. The summed E-state index contributed by atoms with van der Waals surface area (Å²) in [6.07, 6.45) is 9.00. The minimum absolute atomic E-state index is 0.491. The molecule has 5 rings (SSSR count). The number of hydrogen-bond acceptors (Lipinski definition) is 5. The summed E-state index contributed by atoms with van der Waals surface area (Å²) >= 11 is 0. The maximum Gasteiger partial charge on any atom is 0.137 e. The first-order chi connectivity index (χ1) is 16.1. The Bertz CT molecular complexity index is 1070. The summed E-state index contributed by atoms with van der Waals surface area (Å²) in [5.74, 6) is 1.09. The van der Waals surface area contributed by atoms with E-state index in [2.05, 4.69) is 59.2 Å². The van der Waals surface area contributed by atoms with Gasteiger partial charge in [0.1, 0.15) is 5.82 Å². The Morgan fingerprint density at radius 1 is 0.970 bits per heavy atom. The van der Waals surface area contributed by atoms with Gasteiger partial charge in [0, 0.05) is 49.0 Å². The highest BCUT2D eigenvalue weighted by molar-refractivity contribution is 5.95. The van der Waals surface area contributed by atoms with Gasteiger partial charge < -0.3 is 14.9 Å². The zero-order chi connectivity index (χ0) is 22.7. The van der Waals surface area contributed by atoms with Crippen molar-refractivity contribution in [2.75, 3.05) is 37.6 Å². The lowest BCUT2D eigenvalue weighted by atomic mass is 9.81. The van der Waals surface area contributed by atoms with E-state index in [9.17, 15) is 5.11 Å². The summed E-state index contributed by atoms with van der Waals surface area (Å²) in [5, 5.41) is 13.2. The molecule has 0 bridgehead atoms. The van der Waals surface area contributed by atoms with Crippen LogP contribution in [0.5, 0.6) is 0 Å². The van der Waals surface area contributed by atoms with Crippen LogP contribution in [0.15, 0.2) is 48.7 Å². The van der Waals surface area contributed by atoms with E-state index < -0.39 is 5.60 Å². The topological polar surface area (TPSA) is 52.5 Å². The lowest BCUT2D eigenvalue weighted by molar-refractivity contribution is -0.00361. The van der Waals surface area contributed by atoms with E-state index in [0.717, 1.165) is 94.0 Å². The van der Waals surface area contributed by atoms with Gasteiger partial charge in [0.15, 0.2) is 0 Å². The average Bonchev–Trinajstić information content (AvgIpc) is 2.88. The van der Waals surface area contributed by atoms with Crippen LogP contribution in [-0.2, 0) is 6.42 Å². The van der Waals surface area contributed by atoms with E-state index in [4.69, 9.17) is 9.97 Å². The van der Waals surface area contributed by atoms with Crippen LogP contribution in [0.1, 0.15) is 51.1 Å². The van der Waals surface area contributed by atoms with Crippen molar-refractivity contribution in [3.8, 4) is 11.3 Å². The smallest absolute Gasteiger partial charge is 0.137 e. The van der Waals surface area contributed by atoms with Gasteiger partial charge in [-0.3, -0.25) is 4.98 Å². The van der Waals surface area contributed by atoms with Crippen LogP contribution in [0.2, 0.25) is 0 Å². The summed E-state index contributed by atoms with van der Waals surface area (Å²) < 4.78 is 0. The minimum atomic E-state index is -0.491. The van der Waals surface area contributed by atoms with Gasteiger partial charge in [-0.15, -0.1) is 0 Å². The van der Waals surface area contributed by atoms with Crippen molar-refractivity contribution in [1.29, 1.82) is 0 Å². The Morgan fingerprint density at radius 2 is 1.76 bits per heavy atom. The second-order valence-electron chi connectivity index (χ2n) is 9.80. The number of rotatable bonds is 6. The molecule has 3 aromatic rings. The van der Waals surface area contributed by atoms with Gasteiger partial charge in [0.2, 0.25) is 0 Å². The molecule has 33 heavy (non-hydrogen) atoms. The number of aryl methyl sites for hydroxylation is 1. The fourth-order valence-corrected chi connectivity index (χ4v) is 5.39. The fourth-order valence-electron chi connectivity index (χ4n) is 5.39. The molecule has 2 aromatic heterocycles. The molecule has 5 nitrogen and oxygen atoms in total. The zero-order valence-electron chi connectivity index (χ0n) is 19.8. The molecule has 1 saturated carbocycles. The van der Waals surface area contributed by atoms with Crippen LogP contribution < -0.4 is 4.90 Å². The summed E-state index contributed by atoms with van der Waals surface area (Å²) in [7, 11) is 0. The maximum absolute atomic E-state index is 10.8. The van der Waals surface area contributed by atoms with Crippen molar-refractivity contribution >= 4 is 16.6 Å². The lowest BCUT2D eigenvalue weighted by Crippen LogP contribution is -2.46. The van der Waals surface area contributed by atoms with Crippen LogP contribution in [-0.4, -0.2) is 58.3 Å². The summed E-state index contributed by atoms with van der Waals surface area (Å²) in [5.41, 5.74) is 2.59. The van der Waals surface area contributed by atoms with Crippen molar-refractivity contribution in [2.24, 2.45) is 0 Å². The van der Waals surface area contributed by atoms with Gasteiger partial charge in [-0.05, 0) is 55.8 Å². The van der Waals surface area contributed by atoms with E-state index in [-0.39, 0.29) is 0 Å². The van der Waals surface area contributed by atoms with Crippen LogP contribution >= 0.6 is 0 Å². The molecule has 5 heteroatoms. The highest BCUT2D eigenvalue weighted by atomic mass is 16.3. The molecule has 0 radical (unpaired) electrons. The molecule has 0 spiro atoms. The van der Waals surface area contributed by atoms with Crippen molar-refractivity contribution in [3.05, 3.63) is 54.4 Å². The molecule has 174 valence electrons. The van der Waals surface area contributed by atoms with Crippen LogP contribution in [0.3, 0.4) is 0 Å². The second kappa shape index (κ2) is 9.78. The van der Waals surface area contributed by atoms with Gasteiger partial charge >= 0.3 is 0 Å². The normalized spacial score (nSPS) is 19.2. The van der Waals surface area contributed by atoms with E-state index in [1.54, 1.807) is 0 Å². The highest BCUT2D eigenvalue weighted by Crippen LogP contribution is 2.33. The van der Waals surface area contributed by atoms with Crippen molar-refractivity contribution in [3.63, 3.8) is 0 Å². The Morgan fingerprint density at radius 3 is 2.48 bits per heavy atom. The number of aliphatic hydroxyl groups is 1. The number of aromatic nitrogens is 2. The van der Waals surface area contributed by atoms with Crippen LogP contribution in [0.25, 0.3) is 22.0 Å². The number of likely N-dealkylation sites (N-methyl/N-ethyl adjacent to an activating group) is 1. The van der Waals surface area contributed by atoms with Gasteiger partial charge in [0.25, 0.3) is 0 Å². The third-order valence-corrected chi connectivity index (χ3v) is 7.59. The molecule has 0 amide bonds. The zero-order valence-corrected chi connectivity index (χ0v) is 19.8. The molecule has 1 aliphatic heterocycles. The molecule has 2 aliphatic rings. The van der Waals surface area contributed by atoms with Gasteiger partial charge in [0.05, 0.1) is 11.3 Å². The summed E-state index contributed by atoms with van der Waals surface area (Å²) in [6, 6.07) is 15.0. The van der Waals surface area contributed by atoms with Gasteiger partial charge in [-0.2, -0.15) is 0 Å². The molecule has 0 atom stereocenters. The molecule has 2 fully saturated rings. The number of hydrogen-bond donors (Lipinski definition) is 1. The summed E-state index contributed by atoms with van der Waals surface area (Å²) in [6.45, 7) is 7.52. The first-order valence-electron chi connectivity index (χ1n) is 12.7. The number of pyridine rings is 2. The quantitative estimate of drug-likeness (QED) is 0.575. The number of anilines is 1. The van der Waals surface area contributed by atoms with E-state index in [0.29, 0.717) is 0 Å². The molecular formula is C28H36N4O. The lowest BCUT2D eigenvalue weighted by Gasteiger charge is -2.35. The second-order valence-corrected chi connectivity index (χ2v) is 9.80. The minimum Gasteiger partial charge on any atom is -0.390 e. The van der Waals surface area contributed by atoms with Gasteiger partial charge in [-0.1, -0.05) is 50.5 Å². The first kappa shape index (κ1) is 22.3. The molecular weight excluding hydrogens is 408 g/mol. The Kier molecular flexibility index (Phi) is 6.61. The SMILES string of the molecule is CCN1CCN(c2nc(-c3ccc(CCC4(O)CCCCC4)nc3)cc3ccccc23)CC1. The highest BCUT2D eigenvalue weighted by Gasteiger charge is 2.28. The third kappa shape index (κ3) is 5.04. The molecule has 1 saturated heterocycles. The predicted octanol–water partition coefficient (Wildman–Crippen LogP) is 5.07. The Hall–Kier alpha value is -2.50. The molecule has 1 N–H and O–H groups in total. The van der Waals surface area contributed by atoms with E-state index in [1.165, 1.54) is 17.2 Å². The fraction of sp³-hybridized carbons (Fsp3) is 0.500. The molecule has 0 unspecified atom stereocenters. The molecule has 3 heterocycles. The van der Waals surface area contributed by atoms with Crippen LogP contribution in [0.4, 0.5) is 5.82 Å². The van der Waals surface area contributed by atoms with E-state index >= 15 is 0 Å². The maximum atomic E-state index is 10.8. The third-order valence-electron chi connectivity index (χ3n) is 7.59. The number of benzene rings is 1. The summed E-state index contributed by atoms with van der Waals surface area (Å²) in [4.78, 5) is 14.8. The Balaban J connectivity index is 1.37. The van der Waals surface area contributed by atoms with Crippen molar-refractivity contribution in [2.45, 2.75) is 57.5 Å². The van der Waals surface area contributed by atoms with E-state index in [1.807, 2.05) is 6.20 Å². The average molecular weight is 445 g/mol. The van der Waals surface area contributed by atoms with Crippen LogP contribution in [0, 0.1) is 0 Å². The number of nitrogens with zero attached hydrogens (tertiary/aromatic N) is 4. The monoisotopic (exact) mass is 444 g/mol. The first-order valence-corrected chi connectivity index (χ1v) is 12.7. The largest absolute Gasteiger partial charge is 0.390 e. The predicted molar refractivity (Wildman–Crippen MR) is 136 cm³/mol. The van der Waals surface area contributed by atoms with Gasteiger partial charge in [-0.25, -0.2) is 4.98 Å².